The van der Waals surface area contributed by atoms with Crippen LogP contribution in [0.2, 0.25) is 0 Å². The summed E-state index contributed by atoms with van der Waals surface area (Å²) < 4.78 is 5.24. The topological polar surface area (TPSA) is 68.3 Å². The molecular weight excluding hydrogens is 216 g/mol. The molecule has 17 heavy (non-hydrogen) atoms. The number of carbonyl (C=O) groups excluding carboxylic acids is 1. The van der Waals surface area contributed by atoms with Crippen LogP contribution in [0.3, 0.4) is 0 Å². The summed E-state index contributed by atoms with van der Waals surface area (Å²) in [6, 6.07) is 3.55. The van der Waals surface area contributed by atoms with Gasteiger partial charge in [-0.25, -0.2) is 0 Å². The first kappa shape index (κ1) is 13.8. The Morgan fingerprint density at radius 1 is 1.53 bits per heavy atom. The SMILES string of the molecule is CCC[C@H](N)C(=O)NC(C)CCc1ccco1. The van der Waals surface area contributed by atoms with Gasteiger partial charge in [-0.2, -0.15) is 0 Å². The van der Waals surface area contributed by atoms with Gasteiger partial charge < -0.3 is 15.5 Å². The van der Waals surface area contributed by atoms with Crippen molar-refractivity contribution in [2.45, 2.75) is 51.6 Å². The molecule has 0 fully saturated rings. The number of nitrogens with two attached hydrogens (primary N) is 1. The summed E-state index contributed by atoms with van der Waals surface area (Å²) in [7, 11) is 0. The van der Waals surface area contributed by atoms with Gasteiger partial charge in [0.25, 0.3) is 0 Å². The average molecular weight is 238 g/mol. The van der Waals surface area contributed by atoms with Crippen LogP contribution in [0.4, 0.5) is 0 Å². The Labute approximate surface area is 103 Å². The van der Waals surface area contributed by atoms with Gasteiger partial charge in [0.2, 0.25) is 5.91 Å². The van der Waals surface area contributed by atoms with E-state index in [0.717, 1.165) is 31.4 Å². The van der Waals surface area contributed by atoms with Crippen molar-refractivity contribution in [3.8, 4) is 0 Å². The molecule has 0 aliphatic rings. The third-order valence-electron chi connectivity index (χ3n) is 2.73. The highest BCUT2D eigenvalue weighted by atomic mass is 16.3. The van der Waals surface area contributed by atoms with Crippen LogP contribution in [0.5, 0.6) is 0 Å². The summed E-state index contributed by atoms with van der Waals surface area (Å²) in [5.41, 5.74) is 5.74. The van der Waals surface area contributed by atoms with Crippen LogP contribution in [-0.2, 0) is 11.2 Å². The first-order valence-corrected chi connectivity index (χ1v) is 6.21. The Kier molecular flexibility index (Phi) is 5.77. The molecule has 96 valence electrons. The van der Waals surface area contributed by atoms with E-state index in [1.54, 1.807) is 6.26 Å². The Hall–Kier alpha value is -1.29. The lowest BCUT2D eigenvalue weighted by Gasteiger charge is -2.16. The Morgan fingerprint density at radius 3 is 2.88 bits per heavy atom. The molecule has 3 N–H and O–H groups in total. The second-order valence-corrected chi connectivity index (χ2v) is 4.42. The molecule has 1 amide bonds. The van der Waals surface area contributed by atoms with E-state index in [1.807, 2.05) is 26.0 Å². The highest BCUT2D eigenvalue weighted by molar-refractivity contribution is 5.81. The summed E-state index contributed by atoms with van der Waals surface area (Å²) in [4.78, 5) is 11.6. The van der Waals surface area contributed by atoms with E-state index in [4.69, 9.17) is 10.2 Å². The fourth-order valence-corrected chi connectivity index (χ4v) is 1.68. The molecule has 1 unspecified atom stereocenters. The van der Waals surface area contributed by atoms with Crippen molar-refractivity contribution < 1.29 is 9.21 Å². The van der Waals surface area contributed by atoms with Crippen molar-refractivity contribution >= 4 is 5.91 Å². The lowest BCUT2D eigenvalue weighted by Crippen LogP contribution is -2.44. The maximum Gasteiger partial charge on any atom is 0.237 e. The van der Waals surface area contributed by atoms with Gasteiger partial charge >= 0.3 is 0 Å². The van der Waals surface area contributed by atoms with E-state index in [1.165, 1.54) is 0 Å². The van der Waals surface area contributed by atoms with E-state index in [2.05, 4.69) is 5.32 Å². The molecule has 0 aliphatic heterocycles. The first-order valence-electron chi connectivity index (χ1n) is 6.21. The van der Waals surface area contributed by atoms with Crippen LogP contribution in [0.25, 0.3) is 0 Å². The van der Waals surface area contributed by atoms with Crippen LogP contribution < -0.4 is 11.1 Å². The number of amides is 1. The minimum Gasteiger partial charge on any atom is -0.469 e. The Bertz CT molecular complexity index is 322. The largest absolute Gasteiger partial charge is 0.469 e. The summed E-state index contributed by atoms with van der Waals surface area (Å²) in [5.74, 6) is 0.891. The molecule has 0 saturated heterocycles. The molecule has 0 aliphatic carbocycles. The van der Waals surface area contributed by atoms with E-state index in [-0.39, 0.29) is 18.0 Å². The van der Waals surface area contributed by atoms with Crippen molar-refractivity contribution in [1.29, 1.82) is 0 Å². The van der Waals surface area contributed by atoms with Crippen molar-refractivity contribution in [2.75, 3.05) is 0 Å². The van der Waals surface area contributed by atoms with Crippen LogP contribution in [0.15, 0.2) is 22.8 Å². The minimum atomic E-state index is -0.383. The number of carbonyl (C=O) groups is 1. The predicted octanol–water partition coefficient (Wildman–Crippen LogP) is 1.84. The minimum absolute atomic E-state index is 0.0567. The quantitative estimate of drug-likeness (QED) is 0.761. The molecule has 0 saturated carbocycles. The number of aryl methyl sites for hydroxylation is 1. The van der Waals surface area contributed by atoms with Crippen molar-refractivity contribution in [2.24, 2.45) is 5.73 Å². The van der Waals surface area contributed by atoms with E-state index in [0.29, 0.717) is 0 Å². The molecule has 1 aromatic heterocycles. The number of rotatable bonds is 7. The fourth-order valence-electron chi connectivity index (χ4n) is 1.68. The average Bonchev–Trinajstić information content (AvgIpc) is 2.79. The standard InChI is InChI=1S/C13H22N2O2/c1-3-5-12(14)13(16)15-10(2)7-8-11-6-4-9-17-11/h4,6,9-10,12H,3,5,7-8,14H2,1-2H3,(H,15,16)/t10?,12-/m0/s1. The van der Waals surface area contributed by atoms with E-state index >= 15 is 0 Å². The molecule has 1 rings (SSSR count). The Morgan fingerprint density at radius 2 is 2.29 bits per heavy atom. The molecule has 0 radical (unpaired) electrons. The van der Waals surface area contributed by atoms with E-state index < -0.39 is 0 Å². The summed E-state index contributed by atoms with van der Waals surface area (Å²) in [6.45, 7) is 4.01. The van der Waals surface area contributed by atoms with Crippen molar-refractivity contribution in [3.05, 3.63) is 24.2 Å². The van der Waals surface area contributed by atoms with Gasteiger partial charge in [0.15, 0.2) is 0 Å². The maximum atomic E-state index is 11.6. The molecule has 0 aromatic carbocycles. The molecule has 1 heterocycles. The highest BCUT2D eigenvalue weighted by Crippen LogP contribution is 2.06. The van der Waals surface area contributed by atoms with Gasteiger partial charge in [-0.15, -0.1) is 0 Å². The van der Waals surface area contributed by atoms with Gasteiger partial charge in [-0.3, -0.25) is 4.79 Å². The zero-order valence-electron chi connectivity index (χ0n) is 10.6. The number of hydrogen-bond acceptors (Lipinski definition) is 3. The third-order valence-corrected chi connectivity index (χ3v) is 2.73. The first-order chi connectivity index (χ1) is 8.13. The molecule has 1 aromatic rings. The van der Waals surface area contributed by atoms with Gasteiger partial charge in [0.05, 0.1) is 12.3 Å². The number of hydrogen-bond donors (Lipinski definition) is 2. The maximum absolute atomic E-state index is 11.6. The van der Waals surface area contributed by atoms with Crippen LogP contribution in [-0.4, -0.2) is 18.0 Å². The zero-order chi connectivity index (χ0) is 12.7. The van der Waals surface area contributed by atoms with Gasteiger partial charge in [0.1, 0.15) is 5.76 Å². The molecule has 0 spiro atoms. The van der Waals surface area contributed by atoms with Gasteiger partial charge in [-0.05, 0) is 31.9 Å². The number of nitrogens with one attached hydrogen (secondary N) is 1. The highest BCUT2D eigenvalue weighted by Gasteiger charge is 2.14. The smallest absolute Gasteiger partial charge is 0.237 e. The second kappa shape index (κ2) is 7.12. The molecule has 4 nitrogen and oxygen atoms in total. The summed E-state index contributed by atoms with van der Waals surface area (Å²) >= 11 is 0. The normalized spacial score (nSPS) is 14.3. The van der Waals surface area contributed by atoms with Crippen LogP contribution in [0.1, 0.15) is 38.9 Å². The van der Waals surface area contributed by atoms with Crippen LogP contribution >= 0.6 is 0 Å². The van der Waals surface area contributed by atoms with Gasteiger partial charge in [0, 0.05) is 12.5 Å². The molecule has 4 heteroatoms. The fraction of sp³-hybridized carbons (Fsp3) is 0.615. The lowest BCUT2D eigenvalue weighted by atomic mass is 10.1. The number of furan rings is 1. The molecule has 2 atom stereocenters. The monoisotopic (exact) mass is 238 g/mol. The summed E-state index contributed by atoms with van der Waals surface area (Å²) in [5, 5.41) is 2.92. The molecule has 0 bridgehead atoms. The van der Waals surface area contributed by atoms with Gasteiger partial charge in [-0.1, -0.05) is 13.3 Å². The second-order valence-electron chi connectivity index (χ2n) is 4.42. The van der Waals surface area contributed by atoms with E-state index in [9.17, 15) is 4.79 Å². The van der Waals surface area contributed by atoms with Crippen molar-refractivity contribution in [3.63, 3.8) is 0 Å². The lowest BCUT2D eigenvalue weighted by molar-refractivity contribution is -0.123. The Balaban J connectivity index is 2.24. The summed E-state index contributed by atoms with van der Waals surface area (Å²) in [6.07, 6.45) is 5.01. The molecular formula is C13H22N2O2. The van der Waals surface area contributed by atoms with Crippen molar-refractivity contribution in [1.82, 2.24) is 5.32 Å². The van der Waals surface area contributed by atoms with Crippen LogP contribution in [0, 0.1) is 0 Å². The predicted molar refractivity (Wildman–Crippen MR) is 67.5 cm³/mol. The third kappa shape index (κ3) is 5.04. The zero-order valence-corrected chi connectivity index (χ0v) is 10.6.